The zero-order valence-electron chi connectivity index (χ0n) is 5.76. The zero-order valence-corrected chi connectivity index (χ0v) is 5.76. The van der Waals surface area contributed by atoms with Crippen LogP contribution in [0.4, 0.5) is 0 Å². The fourth-order valence-corrected chi connectivity index (χ4v) is 0.410. The fraction of sp³-hybridized carbons (Fsp3) is 0.800. The highest BCUT2D eigenvalue weighted by Crippen LogP contribution is 1.77. The van der Waals surface area contributed by atoms with E-state index in [0.29, 0.717) is 6.61 Å². The molecule has 0 heterocycles. The van der Waals surface area contributed by atoms with Gasteiger partial charge in [0.15, 0.2) is 0 Å². The molecule has 0 rings (SSSR count). The van der Waals surface area contributed by atoms with Crippen molar-refractivity contribution in [2.75, 3.05) is 20.2 Å². The predicted molar refractivity (Wildman–Crippen MR) is 33.5 cm³/mol. The van der Waals surface area contributed by atoms with Gasteiger partial charge in [0.05, 0.1) is 6.61 Å². The molecular weight excluding hydrogens is 120 g/mol. The Morgan fingerprint density at radius 2 is 2.33 bits per heavy atom. The molecule has 2 N–H and O–H groups in total. The number of likely N-dealkylation sites (N-methyl/N-ethyl adjacent to an activating group) is 1. The number of ether oxygens (including phenoxy) is 1. The van der Waals surface area contributed by atoms with E-state index in [4.69, 9.17) is 5.84 Å². The first-order valence-corrected chi connectivity index (χ1v) is 2.78. The molecule has 0 bridgehead atoms. The molecule has 0 amide bonds. The number of hydrogen-bond donors (Lipinski definition) is 1. The van der Waals surface area contributed by atoms with Crippen molar-refractivity contribution >= 4 is 5.97 Å². The zero-order chi connectivity index (χ0) is 7.28. The molecule has 0 saturated carbocycles. The normalized spacial score (nSPS) is 9.78. The van der Waals surface area contributed by atoms with Crippen LogP contribution in [0.2, 0.25) is 0 Å². The van der Waals surface area contributed by atoms with E-state index in [-0.39, 0.29) is 12.5 Å². The summed E-state index contributed by atoms with van der Waals surface area (Å²) < 4.78 is 4.59. The molecule has 0 radical (unpaired) electrons. The topological polar surface area (TPSA) is 55.6 Å². The molecule has 0 aliphatic rings. The minimum atomic E-state index is -0.289. The van der Waals surface area contributed by atoms with Crippen LogP contribution in [-0.2, 0) is 9.53 Å². The number of rotatable bonds is 3. The molecule has 4 heteroatoms. The Morgan fingerprint density at radius 3 is 2.67 bits per heavy atom. The number of nitrogens with two attached hydrogens (primary N) is 1. The molecule has 54 valence electrons. The second-order valence-corrected chi connectivity index (χ2v) is 1.72. The highest BCUT2D eigenvalue weighted by atomic mass is 16.5. The summed E-state index contributed by atoms with van der Waals surface area (Å²) in [5.74, 6) is 4.87. The van der Waals surface area contributed by atoms with Gasteiger partial charge in [0.1, 0.15) is 6.54 Å². The fourth-order valence-electron chi connectivity index (χ4n) is 0.410. The molecule has 0 spiro atoms. The lowest BCUT2D eigenvalue weighted by Crippen LogP contribution is -2.32. The van der Waals surface area contributed by atoms with Crippen molar-refractivity contribution in [1.82, 2.24) is 5.01 Å². The van der Waals surface area contributed by atoms with Crippen molar-refractivity contribution in [3.8, 4) is 0 Å². The molecule has 0 aromatic rings. The summed E-state index contributed by atoms with van der Waals surface area (Å²) in [6.45, 7) is 2.31. The molecule has 0 aromatic carbocycles. The van der Waals surface area contributed by atoms with Crippen LogP contribution in [0.25, 0.3) is 0 Å². The van der Waals surface area contributed by atoms with Crippen LogP contribution in [0.1, 0.15) is 6.92 Å². The standard InChI is InChI=1S/C5H12N2O2/c1-3-9-5(8)4-7(2)6/h3-4,6H2,1-2H3. The lowest BCUT2D eigenvalue weighted by atomic mass is 10.6. The van der Waals surface area contributed by atoms with Gasteiger partial charge in [-0.05, 0) is 6.92 Å². The first-order valence-electron chi connectivity index (χ1n) is 2.78. The Balaban J connectivity index is 3.27. The highest BCUT2D eigenvalue weighted by molar-refractivity contribution is 5.71. The van der Waals surface area contributed by atoms with Gasteiger partial charge >= 0.3 is 5.97 Å². The van der Waals surface area contributed by atoms with E-state index < -0.39 is 0 Å². The van der Waals surface area contributed by atoms with Gasteiger partial charge in [-0.1, -0.05) is 0 Å². The Hall–Kier alpha value is -0.610. The first kappa shape index (κ1) is 8.39. The summed E-state index contributed by atoms with van der Waals surface area (Å²) in [7, 11) is 1.61. The second-order valence-electron chi connectivity index (χ2n) is 1.72. The molecule has 9 heavy (non-hydrogen) atoms. The average molecular weight is 132 g/mol. The highest BCUT2D eigenvalue weighted by Gasteiger charge is 2.01. The van der Waals surface area contributed by atoms with Crippen LogP contribution in [-0.4, -0.2) is 31.2 Å². The van der Waals surface area contributed by atoms with Gasteiger partial charge < -0.3 is 4.74 Å². The van der Waals surface area contributed by atoms with E-state index in [1.54, 1.807) is 14.0 Å². The smallest absolute Gasteiger partial charge is 0.321 e. The van der Waals surface area contributed by atoms with Crippen molar-refractivity contribution in [3.63, 3.8) is 0 Å². The van der Waals surface area contributed by atoms with Gasteiger partial charge in [0.25, 0.3) is 0 Å². The Morgan fingerprint density at radius 1 is 1.78 bits per heavy atom. The number of esters is 1. The maximum absolute atomic E-state index is 10.5. The summed E-state index contributed by atoms with van der Waals surface area (Å²) in [5, 5.41) is 1.28. The van der Waals surface area contributed by atoms with Crippen LogP contribution in [0.3, 0.4) is 0 Å². The summed E-state index contributed by atoms with van der Waals surface area (Å²) in [6.07, 6.45) is 0. The first-order chi connectivity index (χ1) is 4.16. The molecule has 0 atom stereocenters. The number of hydrazine groups is 1. The van der Waals surface area contributed by atoms with Crippen LogP contribution in [0, 0.1) is 0 Å². The third kappa shape index (κ3) is 5.26. The van der Waals surface area contributed by atoms with E-state index >= 15 is 0 Å². The van der Waals surface area contributed by atoms with Crippen LogP contribution in [0.15, 0.2) is 0 Å². The lowest BCUT2D eigenvalue weighted by Gasteiger charge is -2.06. The van der Waals surface area contributed by atoms with E-state index in [0.717, 1.165) is 0 Å². The van der Waals surface area contributed by atoms with E-state index in [1.165, 1.54) is 5.01 Å². The molecule has 0 fully saturated rings. The Labute approximate surface area is 54.5 Å². The summed E-state index contributed by atoms with van der Waals surface area (Å²) in [5.41, 5.74) is 0. The Bertz CT molecular complexity index is 93.0. The van der Waals surface area contributed by atoms with E-state index in [1.807, 2.05) is 0 Å². The van der Waals surface area contributed by atoms with Gasteiger partial charge in [-0.2, -0.15) is 0 Å². The SMILES string of the molecule is CCOC(=O)CN(C)N. The molecule has 0 unspecified atom stereocenters. The Kier molecular flexibility index (Phi) is 4.00. The molecule has 4 nitrogen and oxygen atoms in total. The van der Waals surface area contributed by atoms with Crippen LogP contribution >= 0.6 is 0 Å². The molecule has 0 saturated heterocycles. The van der Waals surface area contributed by atoms with Gasteiger partial charge in [0.2, 0.25) is 0 Å². The second kappa shape index (κ2) is 4.29. The maximum Gasteiger partial charge on any atom is 0.321 e. The monoisotopic (exact) mass is 132 g/mol. The van der Waals surface area contributed by atoms with Crippen molar-refractivity contribution in [2.45, 2.75) is 6.92 Å². The predicted octanol–water partition coefficient (Wildman–Crippen LogP) is -0.645. The third-order valence-electron chi connectivity index (χ3n) is 0.684. The van der Waals surface area contributed by atoms with Gasteiger partial charge in [-0.25, -0.2) is 5.01 Å². The quantitative estimate of drug-likeness (QED) is 0.315. The molecular formula is C5H12N2O2. The third-order valence-corrected chi connectivity index (χ3v) is 0.684. The van der Waals surface area contributed by atoms with Gasteiger partial charge in [-0.15, -0.1) is 0 Å². The molecule has 0 aliphatic carbocycles. The number of carbonyl (C=O) groups excluding carboxylic acids is 1. The largest absolute Gasteiger partial charge is 0.465 e. The van der Waals surface area contributed by atoms with Crippen molar-refractivity contribution in [2.24, 2.45) is 5.84 Å². The minimum absolute atomic E-state index is 0.147. The van der Waals surface area contributed by atoms with Crippen molar-refractivity contribution in [3.05, 3.63) is 0 Å². The van der Waals surface area contributed by atoms with E-state index in [2.05, 4.69) is 4.74 Å². The minimum Gasteiger partial charge on any atom is -0.465 e. The number of nitrogens with zero attached hydrogens (tertiary/aromatic N) is 1. The summed E-state index contributed by atoms with van der Waals surface area (Å²) >= 11 is 0. The lowest BCUT2D eigenvalue weighted by molar-refractivity contribution is -0.144. The number of hydrogen-bond acceptors (Lipinski definition) is 4. The van der Waals surface area contributed by atoms with Crippen molar-refractivity contribution in [1.29, 1.82) is 0 Å². The average Bonchev–Trinajstić information content (AvgIpc) is 1.63. The van der Waals surface area contributed by atoms with Crippen LogP contribution < -0.4 is 5.84 Å². The molecule has 0 aliphatic heterocycles. The van der Waals surface area contributed by atoms with Crippen molar-refractivity contribution < 1.29 is 9.53 Å². The van der Waals surface area contributed by atoms with Gasteiger partial charge in [-0.3, -0.25) is 10.6 Å². The maximum atomic E-state index is 10.5. The molecule has 0 aromatic heterocycles. The van der Waals surface area contributed by atoms with Crippen LogP contribution in [0.5, 0.6) is 0 Å². The van der Waals surface area contributed by atoms with Gasteiger partial charge in [0, 0.05) is 7.05 Å². The summed E-state index contributed by atoms with van der Waals surface area (Å²) in [6, 6.07) is 0. The number of carbonyl (C=O) groups is 1. The summed E-state index contributed by atoms with van der Waals surface area (Å²) in [4.78, 5) is 10.5. The van der Waals surface area contributed by atoms with E-state index in [9.17, 15) is 4.79 Å².